The summed E-state index contributed by atoms with van der Waals surface area (Å²) in [6, 6.07) is -0.869. The lowest BCUT2D eigenvalue weighted by Crippen LogP contribution is -2.50. The summed E-state index contributed by atoms with van der Waals surface area (Å²) in [5.41, 5.74) is 10.4. The fraction of sp³-hybridized carbons (Fsp3) is 0.600. The molecule has 2 aromatic heterocycles. The third kappa shape index (κ3) is 3.17. The zero-order chi connectivity index (χ0) is 20.6. The summed E-state index contributed by atoms with van der Waals surface area (Å²) in [6.45, 7) is 1.57. The number of ether oxygens (including phenoxy) is 1. The Bertz CT molecular complexity index is 927. The van der Waals surface area contributed by atoms with Gasteiger partial charge in [0.15, 0.2) is 17.4 Å². The molecule has 3 rings (SSSR count). The molecule has 0 aliphatic carbocycles. The fourth-order valence-corrected chi connectivity index (χ4v) is 3.12. The van der Waals surface area contributed by atoms with Crippen LogP contribution in [0.2, 0.25) is 0 Å². The molecule has 1 aliphatic heterocycles. The normalized spacial score (nSPS) is 24.7. The van der Waals surface area contributed by atoms with Crippen LogP contribution in [0.25, 0.3) is 11.2 Å². The van der Waals surface area contributed by atoms with Gasteiger partial charge in [-0.2, -0.15) is 9.66 Å². The second-order valence-corrected chi connectivity index (χ2v) is 6.45. The first-order valence-corrected chi connectivity index (χ1v) is 8.76. The van der Waals surface area contributed by atoms with E-state index >= 15 is 0 Å². The molecule has 4 atom stereocenters. The minimum atomic E-state index is -1.38. The molecule has 1 fully saturated rings. The molecule has 0 aromatic carbocycles. The number of nitrogen functional groups attached to an aromatic ring is 1. The van der Waals surface area contributed by atoms with Gasteiger partial charge in [-0.1, -0.05) is 13.3 Å². The van der Waals surface area contributed by atoms with Crippen LogP contribution in [0.4, 0.5) is 10.7 Å². The van der Waals surface area contributed by atoms with Crippen LogP contribution in [0.5, 0.6) is 0 Å². The van der Waals surface area contributed by atoms with Crippen molar-refractivity contribution in [3.63, 3.8) is 0 Å². The Morgan fingerprint density at radius 3 is 2.68 bits per heavy atom. The Kier molecular flexibility index (Phi) is 5.51. The summed E-state index contributed by atoms with van der Waals surface area (Å²) < 4.78 is 7.53. The maximum atomic E-state index is 12.9. The first-order valence-electron chi connectivity index (χ1n) is 8.76. The Hall–Kier alpha value is -2.74. The van der Waals surface area contributed by atoms with Crippen molar-refractivity contribution in [2.75, 3.05) is 23.9 Å². The summed E-state index contributed by atoms with van der Waals surface area (Å²) in [5.74, 6) is -0.305. The van der Waals surface area contributed by atoms with Crippen molar-refractivity contribution in [3.8, 4) is 0 Å². The van der Waals surface area contributed by atoms with Gasteiger partial charge in [0.05, 0.1) is 12.9 Å². The van der Waals surface area contributed by atoms with Crippen LogP contribution in [-0.2, 0) is 4.74 Å². The van der Waals surface area contributed by atoms with Gasteiger partial charge in [0.1, 0.15) is 18.3 Å². The number of aromatic nitrogens is 4. The van der Waals surface area contributed by atoms with Crippen LogP contribution in [0.3, 0.4) is 0 Å². The minimum absolute atomic E-state index is 0.00602. The number of rotatable bonds is 6. The predicted octanol–water partition coefficient (Wildman–Crippen LogP) is -2.40. The Morgan fingerprint density at radius 2 is 2.11 bits per heavy atom. The van der Waals surface area contributed by atoms with Crippen molar-refractivity contribution in [3.05, 3.63) is 16.7 Å². The van der Waals surface area contributed by atoms with Crippen LogP contribution in [0, 0.1) is 0 Å². The molecular formula is C15H23N7O6. The number of primary amides is 1. The molecular weight excluding hydrogens is 374 g/mol. The molecule has 154 valence electrons. The summed E-state index contributed by atoms with van der Waals surface area (Å²) in [5, 5.41) is 30.3. The van der Waals surface area contributed by atoms with E-state index in [4.69, 9.17) is 16.2 Å². The molecule has 2 amide bonds. The number of fused-ring (bicyclic) bond motifs is 1. The summed E-state index contributed by atoms with van der Waals surface area (Å²) in [7, 11) is 0. The average molecular weight is 397 g/mol. The molecule has 7 N–H and O–H groups in total. The first kappa shape index (κ1) is 20.0. The molecule has 0 saturated carbocycles. The summed E-state index contributed by atoms with van der Waals surface area (Å²) >= 11 is 0. The quantitative estimate of drug-likeness (QED) is 0.353. The maximum absolute atomic E-state index is 12.9. The number of nitrogens with zero attached hydrogens (tertiary/aromatic N) is 5. The predicted molar refractivity (Wildman–Crippen MR) is 96.8 cm³/mol. The number of carbonyl (C=O) groups excluding carboxylic acids is 1. The van der Waals surface area contributed by atoms with E-state index in [1.54, 1.807) is 0 Å². The van der Waals surface area contributed by atoms with E-state index in [0.717, 1.165) is 16.1 Å². The van der Waals surface area contributed by atoms with Gasteiger partial charge in [0.2, 0.25) is 5.95 Å². The number of hydrogen-bond acceptors (Lipinski definition) is 9. The maximum Gasteiger partial charge on any atom is 0.334 e. The highest BCUT2D eigenvalue weighted by Gasteiger charge is 2.44. The molecule has 1 aliphatic rings. The fourth-order valence-electron chi connectivity index (χ4n) is 3.12. The smallest absolute Gasteiger partial charge is 0.334 e. The monoisotopic (exact) mass is 397 g/mol. The highest BCUT2D eigenvalue weighted by molar-refractivity contribution is 5.83. The SMILES string of the molecule is CCCCN(C(N)=O)n1c(N)nc2c(ncn2[C@@H]2O[C@H](CO)C(O)C2O)c1=O. The van der Waals surface area contributed by atoms with Crippen molar-refractivity contribution in [1.82, 2.24) is 19.2 Å². The number of aliphatic hydroxyl groups is 3. The van der Waals surface area contributed by atoms with Crippen LogP contribution >= 0.6 is 0 Å². The molecule has 13 nitrogen and oxygen atoms in total. The van der Waals surface area contributed by atoms with Gasteiger partial charge in [0.25, 0.3) is 0 Å². The van der Waals surface area contributed by atoms with Gasteiger partial charge in [-0.25, -0.2) is 14.8 Å². The van der Waals surface area contributed by atoms with E-state index in [1.165, 1.54) is 10.9 Å². The van der Waals surface area contributed by atoms with Crippen molar-refractivity contribution in [1.29, 1.82) is 0 Å². The number of aliphatic hydroxyl groups excluding tert-OH is 3. The number of carbonyl (C=O) groups is 1. The average Bonchev–Trinajstić information content (AvgIpc) is 3.19. The van der Waals surface area contributed by atoms with Crippen molar-refractivity contribution in [2.45, 2.75) is 44.3 Å². The van der Waals surface area contributed by atoms with Gasteiger partial charge in [-0.15, -0.1) is 0 Å². The summed E-state index contributed by atoms with van der Waals surface area (Å²) in [6.07, 6.45) is -2.31. The molecule has 2 unspecified atom stereocenters. The standard InChI is InChI=1S/C15H23N7O6/c1-2-3-4-21(15(17)27)22-12(26)8-11(19-14(22)16)20(6-18-8)13-10(25)9(24)7(5-23)28-13/h6-7,9-10,13,23-25H,2-5H2,1H3,(H2,16,19)(H2,17,27)/t7-,9?,10?,13-/m1/s1. The van der Waals surface area contributed by atoms with E-state index in [9.17, 15) is 24.9 Å². The van der Waals surface area contributed by atoms with E-state index in [-0.39, 0.29) is 23.7 Å². The highest BCUT2D eigenvalue weighted by Crippen LogP contribution is 2.30. The number of amides is 2. The molecule has 0 spiro atoms. The Balaban J connectivity index is 2.08. The van der Waals surface area contributed by atoms with Crippen LogP contribution in [0.1, 0.15) is 26.0 Å². The zero-order valence-corrected chi connectivity index (χ0v) is 15.2. The van der Waals surface area contributed by atoms with E-state index in [0.29, 0.717) is 6.42 Å². The minimum Gasteiger partial charge on any atom is -0.394 e. The van der Waals surface area contributed by atoms with Crippen molar-refractivity contribution < 1.29 is 24.9 Å². The van der Waals surface area contributed by atoms with Crippen LogP contribution in [0.15, 0.2) is 11.1 Å². The second kappa shape index (κ2) is 7.71. The number of nitrogens with two attached hydrogens (primary N) is 2. The van der Waals surface area contributed by atoms with E-state index < -0.39 is 42.7 Å². The van der Waals surface area contributed by atoms with Gasteiger partial charge in [-0.3, -0.25) is 9.36 Å². The lowest BCUT2D eigenvalue weighted by atomic mass is 10.1. The van der Waals surface area contributed by atoms with E-state index in [2.05, 4.69) is 9.97 Å². The topological polar surface area (TPSA) is 195 Å². The first-order chi connectivity index (χ1) is 13.3. The molecule has 13 heteroatoms. The third-order valence-corrected chi connectivity index (χ3v) is 4.61. The van der Waals surface area contributed by atoms with Gasteiger partial charge >= 0.3 is 11.6 Å². The summed E-state index contributed by atoms with van der Waals surface area (Å²) in [4.78, 5) is 32.8. The van der Waals surface area contributed by atoms with Crippen molar-refractivity contribution >= 4 is 23.1 Å². The Labute approximate surface area is 158 Å². The number of imidazole rings is 1. The number of anilines is 1. The van der Waals surface area contributed by atoms with Gasteiger partial charge < -0.3 is 31.5 Å². The zero-order valence-electron chi connectivity index (χ0n) is 15.2. The largest absolute Gasteiger partial charge is 0.394 e. The highest BCUT2D eigenvalue weighted by atomic mass is 16.6. The van der Waals surface area contributed by atoms with E-state index in [1.807, 2.05) is 6.92 Å². The van der Waals surface area contributed by atoms with Crippen LogP contribution in [-0.4, -0.2) is 72.0 Å². The molecule has 3 heterocycles. The Morgan fingerprint density at radius 1 is 1.39 bits per heavy atom. The lowest BCUT2D eigenvalue weighted by molar-refractivity contribution is -0.0511. The number of urea groups is 1. The lowest BCUT2D eigenvalue weighted by Gasteiger charge is -2.23. The molecule has 0 radical (unpaired) electrons. The van der Waals surface area contributed by atoms with Crippen molar-refractivity contribution in [2.24, 2.45) is 5.73 Å². The number of unbranched alkanes of at least 4 members (excludes halogenated alkanes) is 1. The van der Waals surface area contributed by atoms with Gasteiger partial charge in [0, 0.05) is 6.54 Å². The second-order valence-electron chi connectivity index (χ2n) is 6.45. The molecule has 1 saturated heterocycles. The van der Waals surface area contributed by atoms with Gasteiger partial charge in [-0.05, 0) is 6.42 Å². The molecule has 28 heavy (non-hydrogen) atoms. The van der Waals surface area contributed by atoms with Crippen LogP contribution < -0.4 is 22.0 Å². The number of hydrogen-bond donors (Lipinski definition) is 5. The molecule has 0 bridgehead atoms. The molecule has 2 aromatic rings. The third-order valence-electron chi connectivity index (χ3n) is 4.61.